The standard InChI is InChI=1S/C28H30N4O2S2/c1-2-34-27(33)25-23-14-5-3-4-6-15-24(23)36-26(25)31-28(35)30-21-16-29-32(18-21)17-20-12-9-11-19-10-7-8-13-22(19)20/h7-13,16,18H,2-6,14-15,17H2,1H3,(H2,30,31,35). The largest absolute Gasteiger partial charge is 0.462 e. The van der Waals surface area contributed by atoms with Crippen molar-refractivity contribution < 1.29 is 9.53 Å². The maximum atomic E-state index is 12.9. The summed E-state index contributed by atoms with van der Waals surface area (Å²) in [5.74, 6) is -0.274. The summed E-state index contributed by atoms with van der Waals surface area (Å²) >= 11 is 7.25. The van der Waals surface area contributed by atoms with Crippen LogP contribution in [-0.2, 0) is 24.1 Å². The van der Waals surface area contributed by atoms with Gasteiger partial charge in [-0.1, -0.05) is 55.3 Å². The Balaban J connectivity index is 1.31. The molecule has 36 heavy (non-hydrogen) atoms. The van der Waals surface area contributed by atoms with E-state index in [0.717, 1.165) is 41.9 Å². The Kier molecular flexibility index (Phi) is 7.63. The van der Waals surface area contributed by atoms with E-state index in [1.807, 2.05) is 17.8 Å². The van der Waals surface area contributed by atoms with Crippen LogP contribution in [0.2, 0.25) is 0 Å². The summed E-state index contributed by atoms with van der Waals surface area (Å²) < 4.78 is 7.30. The molecule has 186 valence electrons. The second-order valence-electron chi connectivity index (χ2n) is 8.99. The molecule has 5 rings (SSSR count). The van der Waals surface area contributed by atoms with Crippen LogP contribution in [0.5, 0.6) is 0 Å². The zero-order valence-corrected chi connectivity index (χ0v) is 22.0. The van der Waals surface area contributed by atoms with E-state index in [-0.39, 0.29) is 5.97 Å². The Morgan fingerprint density at radius 1 is 1.08 bits per heavy atom. The van der Waals surface area contributed by atoms with Gasteiger partial charge in [0, 0.05) is 11.1 Å². The molecule has 6 nitrogen and oxygen atoms in total. The van der Waals surface area contributed by atoms with Crippen molar-refractivity contribution >= 4 is 56.1 Å². The highest BCUT2D eigenvalue weighted by Gasteiger charge is 2.25. The lowest BCUT2D eigenvalue weighted by Crippen LogP contribution is -2.20. The fraction of sp³-hybridized carbons (Fsp3) is 0.321. The fourth-order valence-electron chi connectivity index (χ4n) is 4.81. The van der Waals surface area contributed by atoms with Gasteiger partial charge in [0.05, 0.1) is 30.6 Å². The van der Waals surface area contributed by atoms with Gasteiger partial charge in [0.15, 0.2) is 5.11 Å². The number of rotatable bonds is 6. The number of hydrogen-bond donors (Lipinski definition) is 2. The number of nitrogens with one attached hydrogen (secondary N) is 2. The summed E-state index contributed by atoms with van der Waals surface area (Å²) in [6.45, 7) is 2.85. The number of aryl methyl sites for hydroxylation is 1. The van der Waals surface area contributed by atoms with Crippen molar-refractivity contribution in [2.45, 2.75) is 52.0 Å². The molecule has 0 amide bonds. The van der Waals surface area contributed by atoms with Crippen molar-refractivity contribution in [1.82, 2.24) is 9.78 Å². The number of nitrogens with zero attached hydrogens (tertiary/aromatic N) is 2. The van der Waals surface area contributed by atoms with Gasteiger partial charge in [0.2, 0.25) is 0 Å². The van der Waals surface area contributed by atoms with E-state index in [2.05, 4.69) is 58.2 Å². The maximum Gasteiger partial charge on any atom is 0.341 e. The number of carbonyl (C=O) groups is 1. The minimum atomic E-state index is -0.274. The Morgan fingerprint density at radius 3 is 2.75 bits per heavy atom. The molecular weight excluding hydrogens is 488 g/mol. The van der Waals surface area contributed by atoms with Crippen LogP contribution in [0, 0.1) is 0 Å². The first-order valence-corrected chi connectivity index (χ1v) is 13.7. The Hall–Kier alpha value is -3.23. The number of aromatic nitrogens is 2. The Labute approximate surface area is 220 Å². The number of ether oxygens (including phenoxy) is 1. The van der Waals surface area contributed by atoms with Crippen molar-refractivity contribution in [2.24, 2.45) is 0 Å². The number of thiophene rings is 1. The molecule has 2 aromatic carbocycles. The molecule has 1 aliphatic rings. The molecule has 2 heterocycles. The third kappa shape index (κ3) is 5.44. The van der Waals surface area contributed by atoms with Crippen LogP contribution in [0.25, 0.3) is 10.8 Å². The van der Waals surface area contributed by atoms with Crippen LogP contribution in [0.15, 0.2) is 54.9 Å². The van der Waals surface area contributed by atoms with Crippen molar-refractivity contribution in [3.8, 4) is 0 Å². The third-order valence-electron chi connectivity index (χ3n) is 6.48. The molecule has 2 aromatic heterocycles. The first kappa shape index (κ1) is 24.5. The number of thiocarbonyl (C=S) groups is 1. The predicted molar refractivity (Wildman–Crippen MR) is 151 cm³/mol. The molecule has 0 saturated heterocycles. The van der Waals surface area contributed by atoms with Gasteiger partial charge in [0.25, 0.3) is 0 Å². The van der Waals surface area contributed by atoms with E-state index in [1.165, 1.54) is 34.1 Å². The summed E-state index contributed by atoms with van der Waals surface area (Å²) in [6.07, 6.45) is 10.3. The van der Waals surface area contributed by atoms with Crippen LogP contribution in [0.3, 0.4) is 0 Å². The van der Waals surface area contributed by atoms with E-state index in [0.29, 0.717) is 23.8 Å². The highest BCUT2D eigenvalue weighted by molar-refractivity contribution is 7.80. The van der Waals surface area contributed by atoms with Crippen LogP contribution in [-0.4, -0.2) is 27.5 Å². The van der Waals surface area contributed by atoms with Gasteiger partial charge in [0.1, 0.15) is 5.00 Å². The SMILES string of the molecule is CCOC(=O)c1c(NC(=S)Nc2cnn(Cc3cccc4ccccc34)c2)sc2c1CCCCCC2. The second kappa shape index (κ2) is 11.2. The highest BCUT2D eigenvalue weighted by Crippen LogP contribution is 2.37. The van der Waals surface area contributed by atoms with Gasteiger partial charge in [-0.3, -0.25) is 4.68 Å². The average Bonchev–Trinajstić information content (AvgIpc) is 3.43. The number of carbonyl (C=O) groups excluding carboxylic acids is 1. The molecule has 4 aromatic rings. The van der Waals surface area contributed by atoms with Gasteiger partial charge in [-0.25, -0.2) is 4.79 Å². The molecule has 0 radical (unpaired) electrons. The molecule has 0 saturated carbocycles. The van der Waals surface area contributed by atoms with Crippen LogP contribution < -0.4 is 10.6 Å². The molecule has 0 atom stereocenters. The number of hydrogen-bond acceptors (Lipinski definition) is 5. The molecule has 0 unspecified atom stereocenters. The number of benzene rings is 2. The molecule has 0 aliphatic heterocycles. The number of fused-ring (bicyclic) bond motifs is 2. The van der Waals surface area contributed by atoms with Gasteiger partial charge < -0.3 is 15.4 Å². The minimum Gasteiger partial charge on any atom is -0.462 e. The lowest BCUT2D eigenvalue weighted by molar-refractivity contribution is 0.0526. The number of anilines is 2. The summed E-state index contributed by atoms with van der Waals surface area (Å²) in [7, 11) is 0. The molecule has 8 heteroatoms. The average molecular weight is 519 g/mol. The zero-order valence-electron chi connectivity index (χ0n) is 20.4. The molecule has 0 bridgehead atoms. The molecule has 1 aliphatic carbocycles. The van der Waals surface area contributed by atoms with Crippen molar-refractivity contribution in [3.05, 3.63) is 76.4 Å². The van der Waals surface area contributed by atoms with Crippen LogP contribution in [0.4, 0.5) is 10.7 Å². The summed E-state index contributed by atoms with van der Waals surface area (Å²) in [5.41, 5.74) is 3.78. The van der Waals surface area contributed by atoms with Crippen molar-refractivity contribution in [2.75, 3.05) is 17.2 Å². The quantitative estimate of drug-likeness (QED) is 0.216. The van der Waals surface area contributed by atoms with Gasteiger partial charge >= 0.3 is 5.97 Å². The lowest BCUT2D eigenvalue weighted by atomic mass is 9.96. The van der Waals surface area contributed by atoms with Crippen molar-refractivity contribution in [3.63, 3.8) is 0 Å². The maximum absolute atomic E-state index is 12.9. The molecule has 0 fully saturated rings. The highest BCUT2D eigenvalue weighted by atomic mass is 32.1. The molecule has 2 N–H and O–H groups in total. The summed E-state index contributed by atoms with van der Waals surface area (Å²) in [4.78, 5) is 14.1. The minimum absolute atomic E-state index is 0.274. The summed E-state index contributed by atoms with van der Waals surface area (Å²) in [6, 6.07) is 14.7. The molecular formula is C28H30N4O2S2. The van der Waals surface area contributed by atoms with E-state index >= 15 is 0 Å². The topological polar surface area (TPSA) is 68.2 Å². The lowest BCUT2D eigenvalue weighted by Gasteiger charge is -2.12. The van der Waals surface area contributed by atoms with E-state index < -0.39 is 0 Å². The van der Waals surface area contributed by atoms with E-state index in [4.69, 9.17) is 17.0 Å². The van der Waals surface area contributed by atoms with Crippen LogP contribution in [0.1, 0.15) is 59.0 Å². The van der Waals surface area contributed by atoms with Gasteiger partial charge in [-0.2, -0.15) is 5.10 Å². The van der Waals surface area contributed by atoms with Gasteiger partial charge in [-0.15, -0.1) is 11.3 Å². The summed E-state index contributed by atoms with van der Waals surface area (Å²) in [5, 5.41) is 14.7. The smallest absolute Gasteiger partial charge is 0.341 e. The first-order valence-electron chi connectivity index (χ1n) is 12.5. The van der Waals surface area contributed by atoms with E-state index in [9.17, 15) is 4.79 Å². The number of esters is 1. The third-order valence-corrected chi connectivity index (χ3v) is 7.89. The zero-order chi connectivity index (χ0) is 24.9. The fourth-order valence-corrected chi connectivity index (χ4v) is 6.38. The van der Waals surface area contributed by atoms with E-state index in [1.54, 1.807) is 17.5 Å². The predicted octanol–water partition coefficient (Wildman–Crippen LogP) is 6.79. The van der Waals surface area contributed by atoms with Gasteiger partial charge in [-0.05, 0) is 66.7 Å². The van der Waals surface area contributed by atoms with Crippen molar-refractivity contribution in [1.29, 1.82) is 0 Å². The second-order valence-corrected chi connectivity index (χ2v) is 10.5. The Morgan fingerprint density at radius 2 is 1.89 bits per heavy atom. The molecule has 0 spiro atoms. The Bertz CT molecular complexity index is 1390. The first-order chi connectivity index (χ1) is 17.6. The van der Waals surface area contributed by atoms with Crippen LogP contribution >= 0.6 is 23.6 Å². The monoisotopic (exact) mass is 518 g/mol. The normalized spacial score (nSPS) is 13.5.